The van der Waals surface area contributed by atoms with Crippen LogP contribution in [-0.4, -0.2) is 78.0 Å². The number of benzene rings is 2. The lowest BCUT2D eigenvalue weighted by molar-refractivity contribution is -0.134. The molecule has 1 aromatic heterocycles. The molecule has 10 nitrogen and oxygen atoms in total. The average Bonchev–Trinajstić information content (AvgIpc) is 3.65. The molecule has 1 amide bonds. The number of allylic oxidation sites excluding steroid dienone is 3. The van der Waals surface area contributed by atoms with Gasteiger partial charge in [-0.2, -0.15) is 5.26 Å². The molecule has 1 unspecified atom stereocenters. The van der Waals surface area contributed by atoms with Gasteiger partial charge < -0.3 is 35.2 Å². The molecule has 0 spiro atoms. The maximum Gasteiger partial charge on any atom is 0.234 e. The Labute approximate surface area is 299 Å². The fraction of sp³-hybridized carbons (Fsp3) is 0.410. The zero-order valence-corrected chi connectivity index (χ0v) is 29.5. The molecule has 0 radical (unpaired) electrons. The molecule has 1 aliphatic heterocycles. The predicted molar refractivity (Wildman–Crippen MR) is 193 cm³/mol. The molecule has 1 aliphatic carbocycles. The van der Waals surface area contributed by atoms with E-state index in [2.05, 4.69) is 58.6 Å². The van der Waals surface area contributed by atoms with Gasteiger partial charge in [-0.05, 0) is 49.2 Å². The molecule has 1 saturated heterocycles. The van der Waals surface area contributed by atoms with Gasteiger partial charge in [0.1, 0.15) is 36.2 Å². The van der Waals surface area contributed by atoms with Crippen molar-refractivity contribution in [2.45, 2.75) is 45.9 Å². The first-order valence-corrected chi connectivity index (χ1v) is 17.4. The molecule has 2 heterocycles. The smallest absolute Gasteiger partial charge is 0.234 e. The number of amides is 1. The Bertz CT molecular complexity index is 1710. The van der Waals surface area contributed by atoms with Gasteiger partial charge in [0.15, 0.2) is 0 Å². The van der Waals surface area contributed by atoms with Crippen LogP contribution in [0.2, 0.25) is 5.02 Å². The van der Waals surface area contributed by atoms with E-state index in [4.69, 9.17) is 21.1 Å². The van der Waals surface area contributed by atoms with Gasteiger partial charge in [0.25, 0.3) is 0 Å². The van der Waals surface area contributed by atoms with Crippen molar-refractivity contribution in [2.75, 3.05) is 46.0 Å². The summed E-state index contributed by atoms with van der Waals surface area (Å²) in [4.78, 5) is 20.9. The third kappa shape index (κ3) is 8.55. The highest BCUT2D eigenvalue weighted by Crippen LogP contribution is 2.52. The van der Waals surface area contributed by atoms with Gasteiger partial charge in [0, 0.05) is 54.6 Å². The van der Waals surface area contributed by atoms with E-state index in [1.165, 1.54) is 19.0 Å². The largest absolute Gasteiger partial charge is 0.490 e. The molecule has 50 heavy (non-hydrogen) atoms. The molecule has 5 rings (SSSR count). The number of likely N-dealkylation sites (tertiary alicyclic amines) is 1. The number of carbonyl (C=O) groups excluding carboxylic acids is 1. The number of carbonyl (C=O) groups is 1. The molecular formula is C39H46ClN5O5. The van der Waals surface area contributed by atoms with Gasteiger partial charge >= 0.3 is 0 Å². The molecule has 0 saturated carbocycles. The van der Waals surface area contributed by atoms with Gasteiger partial charge in [-0.25, -0.2) is 0 Å². The van der Waals surface area contributed by atoms with Crippen LogP contribution in [0.1, 0.15) is 48.9 Å². The SMILES string of the molecule is CC1(C)C(c2ccccc2)=CC=CC1(COc1cc(OCc2cncc(C#N)c2)c(CNC(CO)CO)cc1Cl)C(=O)NCCN1CCCC1. The molecule has 2 aromatic carbocycles. The molecule has 11 heteroatoms. The summed E-state index contributed by atoms with van der Waals surface area (Å²) in [5.74, 6) is 0.651. The summed E-state index contributed by atoms with van der Waals surface area (Å²) in [5, 5.41) is 35.2. The number of nitrogens with zero attached hydrogens (tertiary/aromatic N) is 3. The van der Waals surface area contributed by atoms with Crippen molar-refractivity contribution < 1.29 is 24.5 Å². The summed E-state index contributed by atoms with van der Waals surface area (Å²) in [7, 11) is 0. The Morgan fingerprint density at radius 2 is 1.84 bits per heavy atom. The Kier molecular flexibility index (Phi) is 12.7. The maximum absolute atomic E-state index is 14.4. The van der Waals surface area contributed by atoms with Crippen LogP contribution in [0, 0.1) is 22.2 Å². The van der Waals surface area contributed by atoms with Crippen molar-refractivity contribution in [3.8, 4) is 17.6 Å². The molecule has 0 bridgehead atoms. The minimum Gasteiger partial charge on any atom is -0.490 e. The van der Waals surface area contributed by atoms with Crippen LogP contribution in [0.15, 0.2) is 79.2 Å². The number of halogens is 1. The summed E-state index contributed by atoms with van der Waals surface area (Å²) in [6.07, 6.45) is 11.4. The minimum absolute atomic E-state index is 0.00177. The van der Waals surface area contributed by atoms with Gasteiger partial charge in [0.05, 0.1) is 29.8 Å². The number of rotatable bonds is 16. The zero-order chi connectivity index (χ0) is 35.6. The molecular weight excluding hydrogens is 654 g/mol. The lowest BCUT2D eigenvalue weighted by Gasteiger charge is -2.46. The summed E-state index contributed by atoms with van der Waals surface area (Å²) in [6, 6.07) is 16.7. The van der Waals surface area contributed by atoms with E-state index in [-0.39, 0.29) is 38.9 Å². The molecule has 1 fully saturated rings. The van der Waals surface area contributed by atoms with Crippen LogP contribution in [0.3, 0.4) is 0 Å². The number of nitrogens with one attached hydrogen (secondary N) is 2. The average molecular weight is 700 g/mol. The first-order chi connectivity index (χ1) is 24.2. The first kappa shape index (κ1) is 37.0. The Hall–Kier alpha value is -4.24. The van der Waals surface area contributed by atoms with E-state index < -0.39 is 16.9 Å². The predicted octanol–water partition coefficient (Wildman–Crippen LogP) is 4.89. The number of pyridine rings is 1. The van der Waals surface area contributed by atoms with Crippen molar-refractivity contribution in [3.63, 3.8) is 0 Å². The van der Waals surface area contributed by atoms with Crippen LogP contribution in [0.25, 0.3) is 5.57 Å². The van der Waals surface area contributed by atoms with Crippen LogP contribution in [-0.2, 0) is 17.9 Å². The van der Waals surface area contributed by atoms with E-state index in [0.717, 1.165) is 30.8 Å². The molecule has 3 aromatic rings. The lowest BCUT2D eigenvalue weighted by atomic mass is 9.58. The second-order valence-electron chi connectivity index (χ2n) is 13.3. The van der Waals surface area contributed by atoms with Gasteiger partial charge in [-0.1, -0.05) is 74.0 Å². The highest BCUT2D eigenvalue weighted by atomic mass is 35.5. The van der Waals surface area contributed by atoms with Crippen molar-refractivity contribution in [3.05, 3.63) is 106 Å². The number of hydrogen-bond acceptors (Lipinski definition) is 9. The quantitative estimate of drug-likeness (QED) is 0.165. The third-order valence-corrected chi connectivity index (χ3v) is 10.0. The fourth-order valence-electron chi connectivity index (χ4n) is 6.57. The van der Waals surface area contributed by atoms with Crippen molar-refractivity contribution in [2.24, 2.45) is 10.8 Å². The standard InChI is InChI=1S/C39H46ClN5O5/c1-38(2)33(30-9-4-3-5-10-30)11-8-12-39(38,37(48)43-13-16-45-14-6-7-15-45)27-50-36-19-35(49-26-29-17-28(20-41)21-42-22-29)31(18-34(36)40)23-44-32(24-46)25-47/h3-5,8-12,17-19,21-22,32,44,46-47H,6-7,13-16,23-27H2,1-2H3,(H,43,48). The molecule has 264 valence electrons. The van der Waals surface area contributed by atoms with Crippen molar-refractivity contribution in [1.29, 1.82) is 5.26 Å². The third-order valence-electron chi connectivity index (χ3n) is 9.75. The topological polar surface area (TPSA) is 140 Å². The second-order valence-corrected chi connectivity index (χ2v) is 13.7. The summed E-state index contributed by atoms with van der Waals surface area (Å²) >= 11 is 6.85. The van der Waals surface area contributed by atoms with E-state index in [9.17, 15) is 20.3 Å². The van der Waals surface area contributed by atoms with E-state index >= 15 is 0 Å². The van der Waals surface area contributed by atoms with Crippen molar-refractivity contribution >= 4 is 23.1 Å². The second kappa shape index (κ2) is 17.1. The number of ether oxygens (including phenoxy) is 2. The van der Waals surface area contributed by atoms with E-state index in [1.807, 2.05) is 30.4 Å². The minimum atomic E-state index is -1.10. The van der Waals surface area contributed by atoms with Gasteiger partial charge in [-0.15, -0.1) is 0 Å². The number of hydrogen-bond donors (Lipinski definition) is 4. The first-order valence-electron chi connectivity index (χ1n) is 17.0. The number of aromatic nitrogens is 1. The number of nitriles is 1. The Morgan fingerprint density at radius 1 is 1.08 bits per heavy atom. The summed E-state index contributed by atoms with van der Waals surface area (Å²) < 4.78 is 12.8. The van der Waals surface area contributed by atoms with E-state index in [0.29, 0.717) is 39.8 Å². The van der Waals surface area contributed by atoms with Crippen LogP contribution in [0.4, 0.5) is 0 Å². The zero-order valence-electron chi connectivity index (χ0n) is 28.7. The lowest BCUT2D eigenvalue weighted by Crippen LogP contribution is -2.54. The number of aliphatic hydroxyl groups is 2. The summed E-state index contributed by atoms with van der Waals surface area (Å²) in [6.45, 7) is 7.41. The fourth-order valence-corrected chi connectivity index (χ4v) is 6.81. The van der Waals surface area contributed by atoms with Gasteiger partial charge in [0.2, 0.25) is 5.91 Å². The Balaban J connectivity index is 1.44. The van der Waals surface area contributed by atoms with Crippen molar-refractivity contribution in [1.82, 2.24) is 20.5 Å². The summed E-state index contributed by atoms with van der Waals surface area (Å²) in [5.41, 5.74) is 2.05. The molecule has 1 atom stereocenters. The molecule has 4 N–H and O–H groups in total. The molecule has 2 aliphatic rings. The van der Waals surface area contributed by atoms with Crippen LogP contribution < -0.4 is 20.1 Å². The monoisotopic (exact) mass is 699 g/mol. The highest BCUT2D eigenvalue weighted by Gasteiger charge is 2.53. The van der Waals surface area contributed by atoms with Crippen LogP contribution in [0.5, 0.6) is 11.5 Å². The van der Waals surface area contributed by atoms with E-state index in [1.54, 1.807) is 24.4 Å². The number of aliphatic hydroxyl groups excluding tert-OH is 2. The van der Waals surface area contributed by atoms with Gasteiger partial charge in [-0.3, -0.25) is 9.78 Å². The van der Waals surface area contributed by atoms with Crippen LogP contribution >= 0.6 is 11.6 Å². The Morgan fingerprint density at radius 3 is 2.56 bits per heavy atom. The highest BCUT2D eigenvalue weighted by molar-refractivity contribution is 6.32. The normalized spacial score (nSPS) is 18.5. The maximum atomic E-state index is 14.4.